The van der Waals surface area contributed by atoms with Gasteiger partial charge in [-0.25, -0.2) is 4.39 Å². The average Bonchev–Trinajstić information content (AvgIpc) is 2.96. The second kappa shape index (κ2) is 6.42. The van der Waals surface area contributed by atoms with E-state index in [1.165, 1.54) is 17.0 Å². The zero-order chi connectivity index (χ0) is 19.1. The first-order chi connectivity index (χ1) is 12.1. The molecule has 0 saturated heterocycles. The lowest BCUT2D eigenvalue weighted by molar-refractivity contribution is -0.254. The smallest absolute Gasteiger partial charge is 0.380 e. The van der Waals surface area contributed by atoms with Gasteiger partial charge in [-0.15, -0.1) is 0 Å². The molecule has 1 aliphatic rings. The van der Waals surface area contributed by atoms with Crippen molar-refractivity contribution >= 4 is 22.4 Å². The highest BCUT2D eigenvalue weighted by Gasteiger charge is 2.51. The number of hydrogen-bond donors (Lipinski definition) is 2. The minimum atomic E-state index is -4.86. The normalized spacial score (nSPS) is 17.9. The minimum absolute atomic E-state index is 0.163. The summed E-state index contributed by atoms with van der Waals surface area (Å²) in [7, 11) is 0. The van der Waals surface area contributed by atoms with Gasteiger partial charge in [0.15, 0.2) is 5.60 Å². The molecule has 2 aromatic rings. The lowest BCUT2D eigenvalue weighted by Crippen LogP contribution is -2.47. The van der Waals surface area contributed by atoms with Gasteiger partial charge in [0.05, 0.1) is 6.42 Å². The second-order valence-electron chi connectivity index (χ2n) is 6.66. The lowest BCUT2D eigenvalue weighted by Gasteiger charge is -2.31. The highest BCUT2D eigenvalue weighted by Crippen LogP contribution is 2.34. The van der Waals surface area contributed by atoms with Crippen molar-refractivity contribution in [1.29, 1.82) is 0 Å². The Morgan fingerprint density at radius 1 is 1.35 bits per heavy atom. The molecule has 1 aliphatic heterocycles. The molecule has 0 unspecified atom stereocenters. The molecule has 0 fully saturated rings. The van der Waals surface area contributed by atoms with Crippen LogP contribution in [0.5, 0.6) is 0 Å². The number of benzene rings is 1. The number of aromatic nitrogens is 1. The largest absolute Gasteiger partial charge is 0.417 e. The van der Waals surface area contributed by atoms with Crippen molar-refractivity contribution in [2.75, 3.05) is 13.1 Å². The Labute approximate surface area is 147 Å². The van der Waals surface area contributed by atoms with Crippen LogP contribution in [0.4, 0.5) is 17.6 Å². The third kappa shape index (κ3) is 3.46. The van der Waals surface area contributed by atoms with Gasteiger partial charge < -0.3 is 15.0 Å². The standard InChI is InChI=1S/C18H18F4N2O2/c1-17(26,18(20,21)22)9-16(25)24-6-4-11(5-7-24)14-10-23-15-8-12(19)2-3-13(14)15/h2-4,8,10,23,26H,5-7,9H2,1H3/t17-/m0/s1. The van der Waals surface area contributed by atoms with Crippen molar-refractivity contribution in [1.82, 2.24) is 9.88 Å². The summed E-state index contributed by atoms with van der Waals surface area (Å²) in [6.45, 7) is 1.02. The number of H-pyrrole nitrogens is 1. The van der Waals surface area contributed by atoms with E-state index in [2.05, 4.69) is 4.98 Å². The molecule has 1 aromatic heterocycles. The van der Waals surface area contributed by atoms with Gasteiger partial charge in [-0.1, -0.05) is 6.08 Å². The van der Waals surface area contributed by atoms with Crippen molar-refractivity contribution in [2.45, 2.75) is 31.5 Å². The van der Waals surface area contributed by atoms with Crippen LogP contribution in [0.3, 0.4) is 0 Å². The summed E-state index contributed by atoms with van der Waals surface area (Å²) in [4.78, 5) is 16.4. The summed E-state index contributed by atoms with van der Waals surface area (Å²) < 4.78 is 51.4. The number of nitrogens with one attached hydrogen (secondary N) is 1. The number of alkyl halides is 3. The highest BCUT2D eigenvalue weighted by molar-refractivity contribution is 5.93. The predicted molar refractivity (Wildman–Crippen MR) is 88.7 cm³/mol. The number of carbonyl (C=O) groups is 1. The molecular weight excluding hydrogens is 352 g/mol. The molecule has 4 nitrogen and oxygen atoms in total. The molecule has 2 heterocycles. The van der Waals surface area contributed by atoms with E-state index in [4.69, 9.17) is 0 Å². The van der Waals surface area contributed by atoms with Crippen LogP contribution in [0.25, 0.3) is 16.5 Å². The molecule has 8 heteroatoms. The Morgan fingerprint density at radius 3 is 2.69 bits per heavy atom. The first-order valence-electron chi connectivity index (χ1n) is 8.11. The van der Waals surface area contributed by atoms with E-state index in [0.717, 1.165) is 16.5 Å². The lowest BCUT2D eigenvalue weighted by atomic mass is 9.97. The van der Waals surface area contributed by atoms with Gasteiger partial charge in [-0.05, 0) is 37.1 Å². The Kier molecular flexibility index (Phi) is 4.56. The monoisotopic (exact) mass is 370 g/mol. The van der Waals surface area contributed by atoms with Crippen LogP contribution in [-0.4, -0.2) is 45.8 Å². The second-order valence-corrected chi connectivity index (χ2v) is 6.66. The Bertz CT molecular complexity index is 868. The number of hydrogen-bond acceptors (Lipinski definition) is 2. The van der Waals surface area contributed by atoms with Gasteiger partial charge in [0.2, 0.25) is 5.91 Å². The fraction of sp³-hybridized carbons (Fsp3) is 0.389. The summed E-state index contributed by atoms with van der Waals surface area (Å²) in [6, 6.07) is 4.41. The van der Waals surface area contributed by atoms with Crippen LogP contribution in [0.15, 0.2) is 30.5 Å². The molecule has 3 rings (SSSR count). The number of aliphatic hydroxyl groups is 1. The van der Waals surface area contributed by atoms with Crippen LogP contribution < -0.4 is 0 Å². The first kappa shape index (κ1) is 18.4. The van der Waals surface area contributed by atoms with Crippen LogP contribution in [0, 0.1) is 5.82 Å². The van der Waals surface area contributed by atoms with E-state index in [0.29, 0.717) is 18.9 Å². The molecule has 1 atom stereocenters. The summed E-state index contributed by atoms with van der Waals surface area (Å²) in [5.41, 5.74) is -0.570. The number of aromatic amines is 1. The quantitative estimate of drug-likeness (QED) is 0.811. The fourth-order valence-corrected chi connectivity index (χ4v) is 3.01. The topological polar surface area (TPSA) is 56.3 Å². The van der Waals surface area contributed by atoms with Crippen LogP contribution in [0.2, 0.25) is 0 Å². The molecule has 0 radical (unpaired) electrons. The summed E-state index contributed by atoms with van der Waals surface area (Å²) in [5, 5.41) is 10.3. The first-order valence-corrected chi connectivity index (χ1v) is 8.11. The Morgan fingerprint density at radius 2 is 2.08 bits per heavy atom. The summed E-state index contributed by atoms with van der Waals surface area (Å²) in [5.74, 6) is -1.10. The van der Waals surface area contributed by atoms with Gasteiger partial charge in [-0.3, -0.25) is 4.79 Å². The number of carbonyl (C=O) groups excluding carboxylic acids is 1. The minimum Gasteiger partial charge on any atom is -0.380 e. The zero-order valence-corrected chi connectivity index (χ0v) is 14.0. The maximum absolute atomic E-state index is 13.3. The summed E-state index contributed by atoms with van der Waals surface area (Å²) >= 11 is 0. The molecule has 0 spiro atoms. The van der Waals surface area contributed by atoms with E-state index < -0.39 is 24.1 Å². The number of fused-ring (bicyclic) bond motifs is 1. The molecule has 140 valence electrons. The molecule has 2 N–H and O–H groups in total. The van der Waals surface area contributed by atoms with E-state index in [9.17, 15) is 27.5 Å². The van der Waals surface area contributed by atoms with Gasteiger partial charge in [-0.2, -0.15) is 13.2 Å². The van der Waals surface area contributed by atoms with Crippen LogP contribution in [-0.2, 0) is 4.79 Å². The molecule has 1 amide bonds. The zero-order valence-electron chi connectivity index (χ0n) is 14.0. The number of rotatable bonds is 3. The summed E-state index contributed by atoms with van der Waals surface area (Å²) in [6.07, 6.45) is -1.88. The van der Waals surface area contributed by atoms with Crippen LogP contribution >= 0.6 is 0 Å². The van der Waals surface area contributed by atoms with Gasteiger partial charge in [0.25, 0.3) is 0 Å². The van der Waals surface area contributed by atoms with Crippen molar-refractivity contribution in [3.63, 3.8) is 0 Å². The maximum atomic E-state index is 13.3. The fourth-order valence-electron chi connectivity index (χ4n) is 3.01. The van der Waals surface area contributed by atoms with E-state index in [-0.39, 0.29) is 18.9 Å². The predicted octanol–water partition coefficient (Wildman–Crippen LogP) is 3.63. The molecule has 1 aromatic carbocycles. The van der Waals surface area contributed by atoms with Crippen molar-refractivity contribution in [3.05, 3.63) is 41.9 Å². The van der Waals surface area contributed by atoms with Gasteiger partial charge >= 0.3 is 6.18 Å². The third-order valence-electron chi connectivity index (χ3n) is 4.66. The third-order valence-corrected chi connectivity index (χ3v) is 4.66. The molecule has 26 heavy (non-hydrogen) atoms. The van der Waals surface area contributed by atoms with E-state index in [1.807, 2.05) is 0 Å². The van der Waals surface area contributed by atoms with Crippen molar-refractivity contribution in [2.24, 2.45) is 0 Å². The number of halogens is 4. The highest BCUT2D eigenvalue weighted by atomic mass is 19.4. The SMILES string of the molecule is C[C@](O)(CC(=O)N1CC=C(c2c[nH]c3cc(F)ccc23)CC1)C(F)(F)F. The average molecular weight is 370 g/mol. The van der Waals surface area contributed by atoms with E-state index >= 15 is 0 Å². The maximum Gasteiger partial charge on any atom is 0.417 e. The Balaban J connectivity index is 1.73. The molecule has 0 saturated carbocycles. The van der Waals surface area contributed by atoms with Crippen molar-refractivity contribution in [3.8, 4) is 0 Å². The molecule has 0 bridgehead atoms. The van der Waals surface area contributed by atoms with E-state index in [1.54, 1.807) is 18.3 Å². The number of nitrogens with zero attached hydrogens (tertiary/aromatic N) is 1. The van der Waals surface area contributed by atoms with Gasteiger partial charge in [0.1, 0.15) is 5.82 Å². The molecule has 0 aliphatic carbocycles. The number of amides is 1. The van der Waals surface area contributed by atoms with Crippen molar-refractivity contribution < 1.29 is 27.5 Å². The Hall–Kier alpha value is -2.35. The molecular formula is C18H18F4N2O2. The van der Waals surface area contributed by atoms with Crippen LogP contribution in [0.1, 0.15) is 25.3 Å². The van der Waals surface area contributed by atoms with Gasteiger partial charge in [0, 0.05) is 35.8 Å².